The average Bonchev–Trinajstić information content (AvgIpc) is 3.24. The molecule has 154 valence electrons. The van der Waals surface area contributed by atoms with Crippen LogP contribution in [0.15, 0.2) is 47.0 Å². The van der Waals surface area contributed by atoms with Crippen LogP contribution in [-0.4, -0.2) is 35.6 Å². The quantitative estimate of drug-likeness (QED) is 0.506. The highest BCUT2D eigenvalue weighted by atomic mass is 35.5. The number of hydrogen-bond acceptors (Lipinski definition) is 6. The lowest BCUT2D eigenvalue weighted by molar-refractivity contribution is 0.255. The molecule has 1 fully saturated rings. The summed E-state index contributed by atoms with van der Waals surface area (Å²) in [5, 5.41) is 28.1. The van der Waals surface area contributed by atoms with Crippen molar-refractivity contribution in [1.29, 1.82) is 0 Å². The van der Waals surface area contributed by atoms with E-state index >= 15 is 0 Å². The molecule has 6 nitrogen and oxygen atoms in total. The van der Waals surface area contributed by atoms with E-state index in [0.29, 0.717) is 23.0 Å². The third kappa shape index (κ3) is 3.04. The average molecular weight is 425 g/mol. The Kier molecular flexibility index (Phi) is 4.49. The third-order valence-corrected chi connectivity index (χ3v) is 6.38. The van der Waals surface area contributed by atoms with Crippen molar-refractivity contribution in [3.63, 3.8) is 0 Å². The number of nitrogens with zero attached hydrogens (tertiary/aromatic N) is 1. The highest BCUT2D eigenvalue weighted by Crippen LogP contribution is 2.48. The number of aliphatic hydroxyl groups excluding tert-OH is 2. The summed E-state index contributed by atoms with van der Waals surface area (Å²) in [6.07, 6.45) is 2.04. The zero-order chi connectivity index (χ0) is 20.9. The molecule has 0 bridgehead atoms. The van der Waals surface area contributed by atoms with Crippen LogP contribution in [0.4, 0.5) is 5.69 Å². The fourth-order valence-corrected chi connectivity index (χ4v) is 4.26. The van der Waals surface area contributed by atoms with Gasteiger partial charge in [-0.3, -0.25) is 0 Å². The Morgan fingerprint density at radius 3 is 2.60 bits per heavy atom. The van der Waals surface area contributed by atoms with Gasteiger partial charge in [0.15, 0.2) is 5.76 Å². The number of anilines is 1. The zero-order valence-electron chi connectivity index (χ0n) is 16.4. The van der Waals surface area contributed by atoms with E-state index in [4.69, 9.17) is 20.9 Å². The maximum atomic E-state index is 10.8. The molecule has 2 aromatic carbocycles. The Morgan fingerprint density at radius 1 is 1.20 bits per heavy atom. The van der Waals surface area contributed by atoms with Gasteiger partial charge in [0.1, 0.15) is 0 Å². The fourth-order valence-electron chi connectivity index (χ4n) is 3.99. The van der Waals surface area contributed by atoms with E-state index in [1.165, 1.54) is 7.11 Å². The monoisotopic (exact) mass is 424 g/mol. The van der Waals surface area contributed by atoms with Crippen molar-refractivity contribution >= 4 is 28.6 Å². The lowest BCUT2D eigenvalue weighted by atomic mass is 9.93. The number of aromatic nitrogens is 1. The molecule has 0 amide bonds. The van der Waals surface area contributed by atoms with Gasteiger partial charge in [-0.1, -0.05) is 35.9 Å². The van der Waals surface area contributed by atoms with Gasteiger partial charge in [-0.2, -0.15) is 0 Å². The van der Waals surface area contributed by atoms with Gasteiger partial charge in [0.2, 0.25) is 5.76 Å². The number of nitrogens with one attached hydrogen (secondary N) is 1. The minimum absolute atomic E-state index is 0.0132. The lowest BCUT2D eigenvalue weighted by Gasteiger charge is -2.14. The van der Waals surface area contributed by atoms with Crippen molar-refractivity contribution in [2.45, 2.75) is 18.3 Å². The van der Waals surface area contributed by atoms with E-state index in [2.05, 4.69) is 22.6 Å². The van der Waals surface area contributed by atoms with Crippen LogP contribution in [0.3, 0.4) is 0 Å². The summed E-state index contributed by atoms with van der Waals surface area (Å²) in [5.41, 5.74) is 5.36. The topological polar surface area (TPSA) is 87.8 Å². The van der Waals surface area contributed by atoms with Crippen LogP contribution in [0.25, 0.3) is 22.5 Å². The molecule has 30 heavy (non-hydrogen) atoms. The Labute approximate surface area is 178 Å². The highest BCUT2D eigenvalue weighted by Gasteiger charge is 2.43. The predicted molar refractivity (Wildman–Crippen MR) is 116 cm³/mol. The maximum absolute atomic E-state index is 10.8. The Balaban J connectivity index is 1.53. The SMILES string of the molecule is COc1cc(C(O)=C2CNc3cc(Cl)c(-c4ccc(C5(CO)CC5)cc4)cc32)on1. The minimum Gasteiger partial charge on any atom is -0.504 e. The largest absolute Gasteiger partial charge is 0.504 e. The highest BCUT2D eigenvalue weighted by molar-refractivity contribution is 6.34. The van der Waals surface area contributed by atoms with Gasteiger partial charge in [0, 0.05) is 34.3 Å². The van der Waals surface area contributed by atoms with Crippen LogP contribution in [0, 0.1) is 0 Å². The maximum Gasteiger partial charge on any atom is 0.254 e. The van der Waals surface area contributed by atoms with Gasteiger partial charge < -0.3 is 24.8 Å². The summed E-state index contributed by atoms with van der Waals surface area (Å²) in [5.74, 6) is 0.562. The number of benzene rings is 2. The van der Waals surface area contributed by atoms with Gasteiger partial charge in [-0.25, -0.2) is 0 Å². The fraction of sp³-hybridized carbons (Fsp3) is 0.261. The summed E-state index contributed by atoms with van der Waals surface area (Å²) >= 11 is 6.57. The van der Waals surface area contributed by atoms with Crippen molar-refractivity contribution in [2.24, 2.45) is 0 Å². The molecule has 3 aromatic rings. The van der Waals surface area contributed by atoms with E-state index in [1.54, 1.807) is 6.07 Å². The summed E-state index contributed by atoms with van der Waals surface area (Å²) in [6.45, 7) is 0.624. The molecule has 1 aliphatic heterocycles. The number of halogens is 1. The second kappa shape index (κ2) is 7.07. The van der Waals surface area contributed by atoms with Gasteiger partial charge in [0.05, 0.1) is 24.8 Å². The molecule has 3 N–H and O–H groups in total. The number of rotatable bonds is 5. The molecule has 0 spiro atoms. The summed E-state index contributed by atoms with van der Waals surface area (Å²) < 4.78 is 10.2. The van der Waals surface area contributed by atoms with Crippen LogP contribution in [0.5, 0.6) is 5.88 Å². The molecule has 2 heterocycles. The van der Waals surface area contributed by atoms with Crippen molar-refractivity contribution < 1.29 is 19.5 Å². The molecule has 1 aliphatic carbocycles. The Morgan fingerprint density at radius 2 is 1.97 bits per heavy atom. The summed E-state index contributed by atoms with van der Waals surface area (Å²) in [7, 11) is 1.49. The smallest absolute Gasteiger partial charge is 0.254 e. The van der Waals surface area contributed by atoms with Crippen LogP contribution >= 0.6 is 11.6 Å². The van der Waals surface area contributed by atoms with Gasteiger partial charge >= 0.3 is 0 Å². The number of fused-ring (bicyclic) bond motifs is 1. The van der Waals surface area contributed by atoms with E-state index in [0.717, 1.165) is 40.8 Å². The minimum atomic E-state index is -0.0655. The van der Waals surface area contributed by atoms with E-state index < -0.39 is 0 Å². The second-order valence-corrected chi connectivity index (χ2v) is 8.21. The number of ether oxygens (including phenoxy) is 1. The van der Waals surface area contributed by atoms with Crippen molar-refractivity contribution in [1.82, 2.24) is 5.16 Å². The first kappa shape index (κ1) is 19.0. The van der Waals surface area contributed by atoms with Crippen LogP contribution in [0.2, 0.25) is 5.02 Å². The van der Waals surface area contributed by atoms with E-state index in [9.17, 15) is 10.2 Å². The Hall–Kier alpha value is -2.96. The molecule has 1 saturated carbocycles. The molecular formula is C23H21ClN2O4. The van der Waals surface area contributed by atoms with Crippen LogP contribution in [-0.2, 0) is 5.41 Å². The molecule has 7 heteroatoms. The van der Waals surface area contributed by atoms with Crippen molar-refractivity contribution in [2.75, 3.05) is 25.6 Å². The van der Waals surface area contributed by atoms with Gasteiger partial charge in [-0.05, 0) is 41.3 Å². The molecule has 1 aromatic heterocycles. The molecule has 2 aliphatic rings. The molecule has 0 atom stereocenters. The summed E-state index contributed by atoms with van der Waals surface area (Å²) in [4.78, 5) is 0. The molecule has 5 rings (SSSR count). The summed E-state index contributed by atoms with van der Waals surface area (Å²) in [6, 6.07) is 13.6. The number of hydrogen-bond donors (Lipinski definition) is 3. The molecule has 0 saturated heterocycles. The number of aliphatic hydroxyl groups is 2. The third-order valence-electron chi connectivity index (χ3n) is 6.07. The first-order chi connectivity index (χ1) is 14.5. The van der Waals surface area contributed by atoms with Gasteiger partial charge in [0.25, 0.3) is 5.88 Å². The van der Waals surface area contributed by atoms with Gasteiger partial charge in [-0.15, -0.1) is 0 Å². The Bertz CT molecular complexity index is 1150. The number of methoxy groups -OCH3 is 1. The predicted octanol–water partition coefficient (Wildman–Crippen LogP) is 4.88. The van der Waals surface area contributed by atoms with E-state index in [-0.39, 0.29) is 23.5 Å². The van der Waals surface area contributed by atoms with Crippen molar-refractivity contribution in [3.05, 3.63) is 64.4 Å². The van der Waals surface area contributed by atoms with Crippen LogP contribution < -0.4 is 10.1 Å². The lowest BCUT2D eigenvalue weighted by Crippen LogP contribution is -2.11. The molecular weight excluding hydrogens is 404 g/mol. The second-order valence-electron chi connectivity index (χ2n) is 7.81. The molecule has 0 radical (unpaired) electrons. The normalized spacial score (nSPS) is 18.0. The first-order valence-corrected chi connectivity index (χ1v) is 10.2. The van der Waals surface area contributed by atoms with Crippen molar-refractivity contribution in [3.8, 4) is 17.0 Å². The van der Waals surface area contributed by atoms with E-state index in [1.807, 2.05) is 24.3 Å². The first-order valence-electron chi connectivity index (χ1n) is 9.77. The van der Waals surface area contributed by atoms with Crippen LogP contribution in [0.1, 0.15) is 29.7 Å². The zero-order valence-corrected chi connectivity index (χ0v) is 17.2. The molecule has 0 unspecified atom stereocenters. The standard InChI is InChI=1S/C23H21ClN2O4/c1-29-21-10-20(30-26-21)22(28)17-11-25-19-9-18(24)15(8-16(17)19)13-2-4-14(5-3-13)23(12-27)6-7-23/h2-5,8-10,25,27-28H,6-7,11-12H2,1H3.